The van der Waals surface area contributed by atoms with E-state index >= 15 is 0 Å². The Morgan fingerprint density at radius 1 is 1.67 bits per heavy atom. The minimum atomic E-state index is -0.876. The van der Waals surface area contributed by atoms with Crippen molar-refractivity contribution in [1.29, 1.82) is 0 Å². The van der Waals surface area contributed by atoms with Crippen molar-refractivity contribution in [3.05, 3.63) is 11.8 Å². The maximum Gasteiger partial charge on any atom is 0.304 e. The molecule has 2 rings (SSSR count). The summed E-state index contributed by atoms with van der Waals surface area (Å²) in [6, 6.07) is 0. The molecule has 0 saturated carbocycles. The highest BCUT2D eigenvalue weighted by atomic mass is 16.6. The zero-order valence-corrected chi connectivity index (χ0v) is 8.00. The zero-order chi connectivity index (χ0) is 11.0. The summed E-state index contributed by atoms with van der Waals surface area (Å²) in [6.45, 7) is 1.23. The van der Waals surface area contributed by atoms with Crippen molar-refractivity contribution < 1.29 is 23.9 Å². The number of hydrogen-bond donors (Lipinski definition) is 0. The molecule has 0 bridgehead atoms. The SMILES string of the molecule is CC(=O)OC1C(=CC=O)O[C@@H]2CC(=O)N12. The Morgan fingerprint density at radius 2 is 2.40 bits per heavy atom. The second kappa shape index (κ2) is 3.38. The fraction of sp³-hybridized carbons (Fsp3) is 0.444. The first-order valence-corrected chi connectivity index (χ1v) is 4.44. The first kappa shape index (κ1) is 9.70. The van der Waals surface area contributed by atoms with E-state index in [1.54, 1.807) is 0 Å². The lowest BCUT2D eigenvalue weighted by Gasteiger charge is -2.33. The molecule has 2 aliphatic rings. The third-order valence-electron chi connectivity index (χ3n) is 2.23. The van der Waals surface area contributed by atoms with Crippen molar-refractivity contribution in [2.45, 2.75) is 25.8 Å². The highest BCUT2D eigenvalue weighted by Gasteiger charge is 2.52. The summed E-state index contributed by atoms with van der Waals surface area (Å²) in [5.74, 6) is -0.475. The third kappa shape index (κ3) is 1.47. The van der Waals surface area contributed by atoms with Gasteiger partial charge in [-0.15, -0.1) is 0 Å². The molecule has 0 aromatic heterocycles. The number of allylic oxidation sites excluding steroid dienone is 1. The van der Waals surface area contributed by atoms with Gasteiger partial charge in [-0.2, -0.15) is 0 Å². The molecule has 1 amide bonds. The van der Waals surface area contributed by atoms with E-state index < -0.39 is 18.4 Å². The van der Waals surface area contributed by atoms with Crippen LogP contribution in [0.2, 0.25) is 0 Å². The van der Waals surface area contributed by atoms with E-state index in [4.69, 9.17) is 9.47 Å². The number of esters is 1. The van der Waals surface area contributed by atoms with Gasteiger partial charge in [0.15, 0.2) is 12.0 Å². The van der Waals surface area contributed by atoms with Crippen molar-refractivity contribution in [3.63, 3.8) is 0 Å². The Labute approximate surface area is 85.4 Å². The predicted molar refractivity (Wildman–Crippen MR) is 46.0 cm³/mol. The van der Waals surface area contributed by atoms with Crippen LogP contribution < -0.4 is 0 Å². The second-order valence-corrected chi connectivity index (χ2v) is 3.24. The van der Waals surface area contributed by atoms with Gasteiger partial charge in [-0.05, 0) is 0 Å². The number of hydrogen-bond acceptors (Lipinski definition) is 5. The largest absolute Gasteiger partial charge is 0.468 e. The molecule has 2 saturated heterocycles. The van der Waals surface area contributed by atoms with E-state index in [-0.39, 0.29) is 18.1 Å². The Kier molecular flexibility index (Phi) is 2.18. The standard InChI is InChI=1S/C9H9NO5/c1-5(12)14-9-6(2-3-11)15-8-4-7(13)10(8)9/h2-3,8-9H,4H2,1H3/t8-,9?/m1/s1. The molecule has 0 aromatic rings. The van der Waals surface area contributed by atoms with Crippen LogP contribution in [0.3, 0.4) is 0 Å². The van der Waals surface area contributed by atoms with Crippen molar-refractivity contribution in [3.8, 4) is 0 Å². The van der Waals surface area contributed by atoms with Crippen molar-refractivity contribution in [2.75, 3.05) is 0 Å². The van der Waals surface area contributed by atoms with E-state index in [2.05, 4.69) is 0 Å². The van der Waals surface area contributed by atoms with Gasteiger partial charge in [0.25, 0.3) is 0 Å². The highest BCUT2D eigenvalue weighted by molar-refractivity contribution is 5.84. The molecule has 1 unspecified atom stereocenters. The molecule has 80 valence electrons. The fourth-order valence-corrected chi connectivity index (χ4v) is 1.59. The first-order valence-electron chi connectivity index (χ1n) is 4.44. The summed E-state index contributed by atoms with van der Waals surface area (Å²) < 4.78 is 10.1. The van der Waals surface area contributed by atoms with Crippen molar-refractivity contribution >= 4 is 18.2 Å². The van der Waals surface area contributed by atoms with Crippen LogP contribution in [0.4, 0.5) is 0 Å². The topological polar surface area (TPSA) is 72.9 Å². The molecule has 2 heterocycles. The molecule has 6 heteroatoms. The number of nitrogens with zero attached hydrogens (tertiary/aromatic N) is 1. The van der Waals surface area contributed by atoms with Gasteiger partial charge in [0, 0.05) is 13.0 Å². The quantitative estimate of drug-likeness (QED) is 0.267. The molecule has 2 atom stereocenters. The van der Waals surface area contributed by atoms with E-state index in [9.17, 15) is 14.4 Å². The van der Waals surface area contributed by atoms with E-state index in [1.165, 1.54) is 11.8 Å². The summed E-state index contributed by atoms with van der Waals surface area (Å²) in [5, 5.41) is 0. The molecule has 0 N–H and O–H groups in total. The Hall–Kier alpha value is -1.85. The minimum absolute atomic E-state index is 0.152. The fourth-order valence-electron chi connectivity index (χ4n) is 1.59. The number of aldehydes is 1. The number of β-lactam (4-membered cyclic amide) rings is 1. The smallest absolute Gasteiger partial charge is 0.304 e. The molecular weight excluding hydrogens is 202 g/mol. The Morgan fingerprint density at radius 3 is 2.93 bits per heavy atom. The van der Waals surface area contributed by atoms with Crippen LogP contribution in [0.1, 0.15) is 13.3 Å². The molecule has 2 fully saturated rings. The summed E-state index contributed by atoms with van der Waals surface area (Å²) in [4.78, 5) is 33.6. The average molecular weight is 211 g/mol. The lowest BCUT2D eigenvalue weighted by atomic mass is 10.2. The van der Waals surface area contributed by atoms with Crippen LogP contribution >= 0.6 is 0 Å². The van der Waals surface area contributed by atoms with Crippen molar-refractivity contribution in [1.82, 2.24) is 4.90 Å². The lowest BCUT2D eigenvalue weighted by molar-refractivity contribution is -0.173. The van der Waals surface area contributed by atoms with Gasteiger partial charge >= 0.3 is 5.97 Å². The summed E-state index contributed by atoms with van der Waals surface area (Å²) >= 11 is 0. The number of rotatable bonds is 2. The van der Waals surface area contributed by atoms with Crippen LogP contribution in [0, 0.1) is 0 Å². The van der Waals surface area contributed by atoms with Gasteiger partial charge in [0.05, 0.1) is 6.42 Å². The van der Waals surface area contributed by atoms with E-state index in [0.29, 0.717) is 6.29 Å². The molecule has 15 heavy (non-hydrogen) atoms. The van der Waals surface area contributed by atoms with Gasteiger partial charge in [-0.1, -0.05) is 0 Å². The van der Waals surface area contributed by atoms with Gasteiger partial charge in [0.2, 0.25) is 12.1 Å². The highest BCUT2D eigenvalue weighted by Crippen LogP contribution is 2.36. The van der Waals surface area contributed by atoms with Gasteiger partial charge < -0.3 is 9.47 Å². The molecule has 0 spiro atoms. The molecule has 0 aromatic carbocycles. The molecule has 0 aliphatic carbocycles. The maximum atomic E-state index is 11.2. The average Bonchev–Trinajstić information content (AvgIpc) is 2.38. The summed E-state index contributed by atoms with van der Waals surface area (Å²) in [6.07, 6.45) is 0.669. The van der Waals surface area contributed by atoms with Crippen LogP contribution in [0.15, 0.2) is 11.8 Å². The summed E-state index contributed by atoms with van der Waals surface area (Å²) in [7, 11) is 0. The van der Waals surface area contributed by atoms with Crippen molar-refractivity contribution in [2.24, 2.45) is 0 Å². The molecule has 6 nitrogen and oxygen atoms in total. The van der Waals surface area contributed by atoms with Crippen LogP contribution in [-0.2, 0) is 23.9 Å². The van der Waals surface area contributed by atoms with E-state index in [0.717, 1.165) is 6.08 Å². The van der Waals surface area contributed by atoms with Gasteiger partial charge in [0.1, 0.15) is 6.29 Å². The van der Waals surface area contributed by atoms with Crippen LogP contribution in [-0.4, -0.2) is 35.5 Å². The number of amides is 1. The van der Waals surface area contributed by atoms with Crippen LogP contribution in [0.5, 0.6) is 0 Å². The predicted octanol–water partition coefficient (Wildman–Crippen LogP) is -0.453. The summed E-state index contributed by atoms with van der Waals surface area (Å²) in [5.41, 5.74) is 0. The minimum Gasteiger partial charge on any atom is -0.468 e. The number of fused-ring (bicyclic) bond motifs is 1. The monoisotopic (exact) mass is 211 g/mol. The van der Waals surface area contributed by atoms with Gasteiger partial charge in [-0.25, -0.2) is 0 Å². The second-order valence-electron chi connectivity index (χ2n) is 3.24. The lowest BCUT2D eigenvalue weighted by Crippen LogP contribution is -2.53. The number of ether oxygens (including phenoxy) is 2. The molecule has 0 radical (unpaired) electrons. The Bertz CT molecular complexity index is 362. The Balaban J connectivity index is 2.20. The van der Waals surface area contributed by atoms with Gasteiger partial charge in [-0.3, -0.25) is 19.3 Å². The number of carbonyl (C=O) groups excluding carboxylic acids is 3. The molecular formula is C9H9NO5. The third-order valence-corrected chi connectivity index (χ3v) is 2.23. The van der Waals surface area contributed by atoms with Crippen LogP contribution in [0.25, 0.3) is 0 Å². The number of carbonyl (C=O) groups is 3. The normalized spacial score (nSPS) is 30.6. The maximum absolute atomic E-state index is 11.2. The zero-order valence-electron chi connectivity index (χ0n) is 8.00. The van der Waals surface area contributed by atoms with E-state index in [1.807, 2.05) is 0 Å². The molecule has 2 aliphatic heterocycles. The first-order chi connectivity index (χ1) is 7.13.